The van der Waals surface area contributed by atoms with Gasteiger partial charge < -0.3 is 10.5 Å². The quantitative estimate of drug-likeness (QED) is 0.825. The van der Waals surface area contributed by atoms with Crippen molar-refractivity contribution in [1.29, 1.82) is 0 Å². The molecule has 0 saturated heterocycles. The van der Waals surface area contributed by atoms with Gasteiger partial charge in [-0.25, -0.2) is 0 Å². The van der Waals surface area contributed by atoms with Crippen molar-refractivity contribution in [3.8, 4) is 0 Å². The zero-order valence-corrected chi connectivity index (χ0v) is 11.9. The fraction of sp³-hybridized carbons (Fsp3) is 0.294. The summed E-state index contributed by atoms with van der Waals surface area (Å²) >= 11 is 0. The van der Waals surface area contributed by atoms with E-state index in [4.69, 9.17) is 10.5 Å². The average molecular weight is 255 g/mol. The zero-order chi connectivity index (χ0) is 13.8. The van der Waals surface area contributed by atoms with Gasteiger partial charge in [0.1, 0.15) is 5.76 Å². The highest BCUT2D eigenvalue weighted by molar-refractivity contribution is 5.79. The van der Waals surface area contributed by atoms with Gasteiger partial charge in [-0.15, -0.1) is 0 Å². The van der Waals surface area contributed by atoms with Crippen molar-refractivity contribution in [2.24, 2.45) is 5.73 Å². The van der Waals surface area contributed by atoms with Gasteiger partial charge in [0.05, 0.1) is 7.11 Å². The maximum Gasteiger partial charge on any atom is 0.120 e. The SMILES string of the molecule is CC/C=C(\OC)C1=C(N)C(C)=C(c2ccccc2)C1. The van der Waals surface area contributed by atoms with Crippen LogP contribution in [0.25, 0.3) is 5.57 Å². The molecule has 2 heteroatoms. The van der Waals surface area contributed by atoms with Crippen molar-refractivity contribution in [2.75, 3.05) is 7.11 Å². The van der Waals surface area contributed by atoms with Crippen molar-refractivity contribution in [3.63, 3.8) is 0 Å². The first-order valence-corrected chi connectivity index (χ1v) is 6.67. The highest BCUT2D eigenvalue weighted by atomic mass is 16.5. The van der Waals surface area contributed by atoms with Gasteiger partial charge in [-0.2, -0.15) is 0 Å². The first-order valence-electron chi connectivity index (χ1n) is 6.67. The number of rotatable bonds is 4. The maximum atomic E-state index is 6.26. The molecule has 2 nitrogen and oxygen atoms in total. The predicted molar refractivity (Wildman–Crippen MR) is 80.2 cm³/mol. The van der Waals surface area contributed by atoms with Gasteiger partial charge in [0.15, 0.2) is 0 Å². The molecule has 0 heterocycles. The van der Waals surface area contributed by atoms with Gasteiger partial charge in [0.2, 0.25) is 0 Å². The molecule has 0 spiro atoms. The molecular formula is C17H21NO. The number of ether oxygens (including phenoxy) is 1. The Labute approximate surface area is 115 Å². The summed E-state index contributed by atoms with van der Waals surface area (Å²) in [5.74, 6) is 0.908. The summed E-state index contributed by atoms with van der Waals surface area (Å²) in [5, 5.41) is 0. The van der Waals surface area contributed by atoms with Crippen molar-refractivity contribution in [1.82, 2.24) is 0 Å². The van der Waals surface area contributed by atoms with Crippen LogP contribution < -0.4 is 5.73 Å². The summed E-state index contributed by atoms with van der Waals surface area (Å²) in [6.45, 7) is 4.19. The highest BCUT2D eigenvalue weighted by Crippen LogP contribution is 2.39. The first-order chi connectivity index (χ1) is 9.19. The molecule has 0 radical (unpaired) electrons. The fourth-order valence-corrected chi connectivity index (χ4v) is 2.49. The van der Waals surface area contributed by atoms with Crippen LogP contribution in [-0.4, -0.2) is 7.11 Å². The standard InChI is InChI=1S/C17H21NO/c1-4-8-16(19-3)15-11-14(12(2)17(15)18)13-9-6-5-7-10-13/h5-10H,4,11,18H2,1-3H3/b16-8-. The van der Waals surface area contributed by atoms with E-state index in [0.29, 0.717) is 0 Å². The molecule has 0 bridgehead atoms. The summed E-state index contributed by atoms with van der Waals surface area (Å²) in [5.41, 5.74) is 11.9. The number of methoxy groups -OCH3 is 1. The number of allylic oxidation sites excluding steroid dienone is 4. The van der Waals surface area contributed by atoms with Gasteiger partial charge in [-0.1, -0.05) is 37.3 Å². The summed E-state index contributed by atoms with van der Waals surface area (Å²) in [6, 6.07) is 10.4. The molecule has 1 aliphatic rings. The van der Waals surface area contributed by atoms with Gasteiger partial charge in [0, 0.05) is 17.7 Å². The monoisotopic (exact) mass is 255 g/mol. The van der Waals surface area contributed by atoms with Crippen LogP contribution in [0.2, 0.25) is 0 Å². The molecule has 0 fully saturated rings. The Kier molecular flexibility index (Phi) is 4.10. The molecule has 0 aliphatic heterocycles. The molecule has 0 amide bonds. The molecule has 2 rings (SSSR count). The molecule has 2 N–H and O–H groups in total. The Morgan fingerprint density at radius 3 is 2.58 bits per heavy atom. The van der Waals surface area contributed by atoms with E-state index < -0.39 is 0 Å². The Morgan fingerprint density at radius 2 is 2.00 bits per heavy atom. The normalized spacial score (nSPS) is 16.3. The lowest BCUT2D eigenvalue weighted by Crippen LogP contribution is -2.02. The Bertz CT molecular complexity index is 550. The van der Waals surface area contributed by atoms with E-state index in [-0.39, 0.29) is 0 Å². The lowest BCUT2D eigenvalue weighted by Gasteiger charge is -2.09. The molecule has 100 valence electrons. The minimum atomic E-state index is 0.849. The van der Waals surface area contributed by atoms with Gasteiger partial charge in [0.25, 0.3) is 0 Å². The molecule has 1 aliphatic carbocycles. The Balaban J connectivity index is 2.35. The molecule has 0 saturated carbocycles. The van der Waals surface area contributed by atoms with E-state index in [1.165, 1.54) is 16.7 Å². The van der Waals surface area contributed by atoms with Crippen LogP contribution in [0, 0.1) is 0 Å². The third-order valence-electron chi connectivity index (χ3n) is 3.56. The highest BCUT2D eigenvalue weighted by Gasteiger charge is 2.23. The van der Waals surface area contributed by atoms with Crippen molar-refractivity contribution in [3.05, 3.63) is 64.6 Å². The largest absolute Gasteiger partial charge is 0.497 e. The van der Waals surface area contributed by atoms with Gasteiger partial charge in [-0.05, 0) is 36.1 Å². The van der Waals surface area contributed by atoms with Crippen molar-refractivity contribution < 1.29 is 4.74 Å². The van der Waals surface area contributed by atoms with E-state index in [2.05, 4.69) is 44.2 Å². The number of nitrogens with two attached hydrogens (primary N) is 1. The summed E-state index contributed by atoms with van der Waals surface area (Å²) in [6.07, 6.45) is 3.88. The topological polar surface area (TPSA) is 35.2 Å². The van der Waals surface area contributed by atoms with E-state index >= 15 is 0 Å². The Hall–Kier alpha value is -1.96. The third kappa shape index (κ3) is 2.58. The first kappa shape index (κ1) is 13.5. The lowest BCUT2D eigenvalue weighted by molar-refractivity contribution is 0.298. The maximum absolute atomic E-state index is 6.26. The predicted octanol–water partition coefficient (Wildman–Crippen LogP) is 4.02. The van der Waals surface area contributed by atoms with Gasteiger partial charge in [-0.3, -0.25) is 0 Å². The van der Waals surface area contributed by atoms with Crippen LogP contribution >= 0.6 is 0 Å². The van der Waals surface area contributed by atoms with Crippen LogP contribution in [0.3, 0.4) is 0 Å². The number of hydrogen-bond acceptors (Lipinski definition) is 2. The molecule has 19 heavy (non-hydrogen) atoms. The zero-order valence-electron chi connectivity index (χ0n) is 11.9. The second kappa shape index (κ2) is 5.79. The molecule has 0 unspecified atom stereocenters. The second-order valence-corrected chi connectivity index (χ2v) is 4.72. The summed E-state index contributed by atoms with van der Waals surface area (Å²) in [7, 11) is 1.71. The smallest absolute Gasteiger partial charge is 0.120 e. The van der Waals surface area contributed by atoms with Gasteiger partial charge >= 0.3 is 0 Å². The van der Waals surface area contributed by atoms with Crippen LogP contribution in [0.5, 0.6) is 0 Å². The molecule has 0 aromatic heterocycles. The van der Waals surface area contributed by atoms with E-state index in [0.717, 1.165) is 29.9 Å². The van der Waals surface area contributed by atoms with Crippen molar-refractivity contribution >= 4 is 5.57 Å². The molecular weight excluding hydrogens is 234 g/mol. The van der Waals surface area contributed by atoms with Crippen LogP contribution in [-0.2, 0) is 4.74 Å². The summed E-state index contributed by atoms with van der Waals surface area (Å²) in [4.78, 5) is 0. The average Bonchev–Trinajstić information content (AvgIpc) is 2.74. The van der Waals surface area contributed by atoms with Crippen LogP contribution in [0.1, 0.15) is 32.3 Å². The fourth-order valence-electron chi connectivity index (χ4n) is 2.49. The van der Waals surface area contributed by atoms with E-state index in [1.807, 2.05) is 6.07 Å². The van der Waals surface area contributed by atoms with Crippen LogP contribution in [0.15, 0.2) is 59.0 Å². The number of hydrogen-bond donors (Lipinski definition) is 1. The third-order valence-corrected chi connectivity index (χ3v) is 3.56. The molecule has 1 aromatic rings. The van der Waals surface area contributed by atoms with Crippen molar-refractivity contribution in [2.45, 2.75) is 26.7 Å². The van der Waals surface area contributed by atoms with Crippen LogP contribution in [0.4, 0.5) is 0 Å². The minimum Gasteiger partial charge on any atom is -0.497 e. The summed E-state index contributed by atoms with van der Waals surface area (Å²) < 4.78 is 5.47. The second-order valence-electron chi connectivity index (χ2n) is 4.72. The Morgan fingerprint density at radius 1 is 1.32 bits per heavy atom. The number of benzene rings is 1. The van der Waals surface area contributed by atoms with E-state index in [9.17, 15) is 0 Å². The lowest BCUT2D eigenvalue weighted by atomic mass is 10.0. The minimum absolute atomic E-state index is 0.849. The molecule has 0 atom stereocenters. The van der Waals surface area contributed by atoms with E-state index in [1.54, 1.807) is 7.11 Å². The molecule has 1 aromatic carbocycles.